The van der Waals surface area contributed by atoms with Crippen LogP contribution < -0.4 is 10.6 Å². The van der Waals surface area contributed by atoms with Crippen LogP contribution in [0.5, 0.6) is 0 Å². The molecule has 22 heavy (non-hydrogen) atoms. The lowest BCUT2D eigenvalue weighted by atomic mass is 9.85. The second-order valence-corrected chi connectivity index (χ2v) is 5.84. The minimum atomic E-state index is -0.994. The Kier molecular flexibility index (Phi) is 5.73. The van der Waals surface area contributed by atoms with Gasteiger partial charge in [-0.15, -0.1) is 0 Å². The van der Waals surface area contributed by atoms with Gasteiger partial charge < -0.3 is 20.2 Å². The summed E-state index contributed by atoms with van der Waals surface area (Å²) in [6.45, 7) is 6.87. The van der Waals surface area contributed by atoms with Crippen molar-refractivity contribution in [1.29, 1.82) is 0 Å². The van der Waals surface area contributed by atoms with Crippen LogP contribution in [-0.4, -0.2) is 34.5 Å². The summed E-state index contributed by atoms with van der Waals surface area (Å²) < 4.78 is 4.81. The van der Waals surface area contributed by atoms with Crippen molar-refractivity contribution >= 4 is 17.8 Å². The third kappa shape index (κ3) is 4.61. The smallest absolute Gasteiger partial charge is 0.305 e. The van der Waals surface area contributed by atoms with Gasteiger partial charge >= 0.3 is 5.97 Å². The van der Waals surface area contributed by atoms with E-state index in [1.165, 1.54) is 25.5 Å². The van der Waals surface area contributed by atoms with Crippen LogP contribution in [0.4, 0.5) is 0 Å². The highest BCUT2D eigenvalue weighted by Gasteiger charge is 2.34. The maximum Gasteiger partial charge on any atom is 0.305 e. The first-order valence-electron chi connectivity index (χ1n) is 7.02. The maximum absolute atomic E-state index is 12.2. The van der Waals surface area contributed by atoms with Gasteiger partial charge in [0.15, 0.2) is 0 Å². The van der Waals surface area contributed by atoms with E-state index >= 15 is 0 Å². The number of carboxylic acid groups (broad SMARTS) is 1. The standard InChI is InChI=1S/C15H22N2O5/c1-9(2)15(4,7-12(18)19)17-13(20)10(3)16-14(21)11-5-6-22-8-11/h5-6,8-10H,7H2,1-4H3,(H,16,21)(H,17,20)(H,18,19). The lowest BCUT2D eigenvalue weighted by molar-refractivity contribution is -0.139. The molecule has 2 amide bonds. The Bertz CT molecular complexity index is 538. The summed E-state index contributed by atoms with van der Waals surface area (Å²) in [5.74, 6) is -1.94. The minimum absolute atomic E-state index is 0.0793. The Hall–Kier alpha value is -2.31. The molecule has 7 nitrogen and oxygen atoms in total. The van der Waals surface area contributed by atoms with Crippen molar-refractivity contribution in [1.82, 2.24) is 10.6 Å². The Labute approximate surface area is 129 Å². The fourth-order valence-corrected chi connectivity index (χ4v) is 1.84. The van der Waals surface area contributed by atoms with Gasteiger partial charge in [-0.3, -0.25) is 14.4 Å². The molecule has 7 heteroatoms. The van der Waals surface area contributed by atoms with Crippen LogP contribution >= 0.6 is 0 Å². The zero-order valence-electron chi connectivity index (χ0n) is 13.2. The summed E-state index contributed by atoms with van der Waals surface area (Å²) in [6.07, 6.45) is 2.45. The summed E-state index contributed by atoms with van der Waals surface area (Å²) in [5, 5.41) is 14.2. The maximum atomic E-state index is 12.2. The van der Waals surface area contributed by atoms with Gasteiger partial charge in [0.1, 0.15) is 12.3 Å². The number of carbonyl (C=O) groups is 3. The van der Waals surface area contributed by atoms with Gasteiger partial charge in [-0.05, 0) is 25.8 Å². The van der Waals surface area contributed by atoms with Crippen molar-refractivity contribution in [2.45, 2.75) is 45.7 Å². The average molecular weight is 310 g/mol. The highest BCUT2D eigenvalue weighted by Crippen LogP contribution is 2.21. The Morgan fingerprint density at radius 2 is 1.95 bits per heavy atom. The fourth-order valence-electron chi connectivity index (χ4n) is 1.84. The van der Waals surface area contributed by atoms with E-state index in [2.05, 4.69) is 10.6 Å². The van der Waals surface area contributed by atoms with E-state index < -0.39 is 29.4 Å². The van der Waals surface area contributed by atoms with E-state index in [4.69, 9.17) is 9.52 Å². The van der Waals surface area contributed by atoms with Gasteiger partial charge in [-0.1, -0.05) is 13.8 Å². The Balaban J connectivity index is 2.69. The molecular formula is C15H22N2O5. The topological polar surface area (TPSA) is 109 Å². The summed E-state index contributed by atoms with van der Waals surface area (Å²) in [5.41, 5.74) is -0.575. The second-order valence-electron chi connectivity index (χ2n) is 5.84. The molecule has 0 aliphatic rings. The molecule has 1 heterocycles. The molecular weight excluding hydrogens is 288 g/mol. The molecule has 3 N–H and O–H groups in total. The van der Waals surface area contributed by atoms with Crippen LogP contribution in [-0.2, 0) is 9.59 Å². The monoisotopic (exact) mass is 310 g/mol. The first kappa shape index (κ1) is 17.7. The molecule has 1 aromatic heterocycles. The third-order valence-electron chi connectivity index (χ3n) is 3.73. The molecule has 1 aromatic rings. The predicted octanol–water partition coefficient (Wildman–Crippen LogP) is 1.40. The van der Waals surface area contributed by atoms with Crippen molar-refractivity contribution in [2.75, 3.05) is 0 Å². The normalized spacial score (nSPS) is 15.0. The van der Waals surface area contributed by atoms with Crippen LogP contribution in [0.15, 0.2) is 23.0 Å². The van der Waals surface area contributed by atoms with Gasteiger partial charge in [-0.2, -0.15) is 0 Å². The van der Waals surface area contributed by atoms with Gasteiger partial charge in [0.2, 0.25) is 5.91 Å². The second kappa shape index (κ2) is 7.11. The summed E-state index contributed by atoms with van der Waals surface area (Å²) >= 11 is 0. The zero-order chi connectivity index (χ0) is 16.9. The lowest BCUT2D eigenvalue weighted by Gasteiger charge is -2.34. The largest absolute Gasteiger partial charge is 0.481 e. The van der Waals surface area contributed by atoms with Crippen molar-refractivity contribution in [2.24, 2.45) is 5.92 Å². The number of carboxylic acids is 1. The molecule has 0 saturated carbocycles. The SMILES string of the molecule is CC(NC(=O)c1ccoc1)C(=O)NC(C)(CC(=O)O)C(C)C. The van der Waals surface area contributed by atoms with Crippen LogP contribution in [0.25, 0.3) is 0 Å². The zero-order valence-corrected chi connectivity index (χ0v) is 13.2. The lowest BCUT2D eigenvalue weighted by Crippen LogP contribution is -2.56. The average Bonchev–Trinajstić information content (AvgIpc) is 2.90. The summed E-state index contributed by atoms with van der Waals surface area (Å²) in [6, 6.07) is 0.692. The molecule has 0 spiro atoms. The van der Waals surface area contributed by atoms with E-state index in [1.807, 2.05) is 13.8 Å². The predicted molar refractivity (Wildman–Crippen MR) is 79.3 cm³/mol. The molecule has 2 unspecified atom stereocenters. The molecule has 0 saturated heterocycles. The first-order valence-corrected chi connectivity index (χ1v) is 7.02. The summed E-state index contributed by atoms with van der Waals surface area (Å²) in [7, 11) is 0. The molecule has 0 aliphatic carbocycles. The molecule has 0 radical (unpaired) electrons. The van der Waals surface area contributed by atoms with Crippen molar-refractivity contribution in [3.63, 3.8) is 0 Å². The number of aliphatic carboxylic acids is 1. The molecule has 0 fully saturated rings. The number of rotatable bonds is 7. The van der Waals surface area contributed by atoms with Crippen molar-refractivity contribution in [3.8, 4) is 0 Å². The van der Waals surface area contributed by atoms with E-state index in [9.17, 15) is 14.4 Å². The van der Waals surface area contributed by atoms with E-state index in [-0.39, 0.29) is 12.3 Å². The first-order chi connectivity index (χ1) is 10.2. The Morgan fingerprint density at radius 1 is 1.32 bits per heavy atom. The van der Waals surface area contributed by atoms with Gasteiger partial charge in [0, 0.05) is 0 Å². The van der Waals surface area contributed by atoms with Gasteiger partial charge in [0.25, 0.3) is 5.91 Å². The number of nitrogens with one attached hydrogen (secondary N) is 2. The quantitative estimate of drug-likeness (QED) is 0.705. The molecule has 122 valence electrons. The minimum Gasteiger partial charge on any atom is -0.481 e. The number of carbonyl (C=O) groups excluding carboxylic acids is 2. The van der Waals surface area contributed by atoms with Crippen LogP contribution in [0, 0.1) is 5.92 Å². The number of hydrogen-bond donors (Lipinski definition) is 3. The third-order valence-corrected chi connectivity index (χ3v) is 3.73. The molecule has 2 atom stereocenters. The van der Waals surface area contributed by atoms with Gasteiger partial charge in [-0.25, -0.2) is 0 Å². The highest BCUT2D eigenvalue weighted by molar-refractivity contribution is 5.97. The summed E-state index contributed by atoms with van der Waals surface area (Å²) in [4.78, 5) is 35.0. The number of hydrogen-bond acceptors (Lipinski definition) is 4. The van der Waals surface area contributed by atoms with Crippen LogP contribution in [0.2, 0.25) is 0 Å². The fraction of sp³-hybridized carbons (Fsp3) is 0.533. The van der Waals surface area contributed by atoms with Gasteiger partial charge in [0.05, 0.1) is 23.8 Å². The molecule has 0 aliphatic heterocycles. The highest BCUT2D eigenvalue weighted by atomic mass is 16.4. The van der Waals surface area contributed by atoms with E-state index in [1.54, 1.807) is 6.92 Å². The van der Waals surface area contributed by atoms with E-state index in [0.29, 0.717) is 5.56 Å². The van der Waals surface area contributed by atoms with Crippen molar-refractivity contribution < 1.29 is 23.9 Å². The van der Waals surface area contributed by atoms with Crippen LogP contribution in [0.3, 0.4) is 0 Å². The number of furan rings is 1. The Morgan fingerprint density at radius 3 is 2.41 bits per heavy atom. The van der Waals surface area contributed by atoms with Crippen molar-refractivity contribution in [3.05, 3.63) is 24.2 Å². The molecule has 0 aromatic carbocycles. The van der Waals surface area contributed by atoms with Crippen LogP contribution in [0.1, 0.15) is 44.5 Å². The number of amides is 2. The van der Waals surface area contributed by atoms with E-state index in [0.717, 1.165) is 0 Å². The molecule has 1 rings (SSSR count). The molecule has 0 bridgehead atoms.